The SMILES string of the molecule is Cc1cccc(C)c1B1N(C)c2ccccc2-c2nc(-c3ccccc3)cn21. The van der Waals surface area contributed by atoms with Gasteiger partial charge in [-0.2, -0.15) is 0 Å². The fourth-order valence-electron chi connectivity index (χ4n) is 4.38. The van der Waals surface area contributed by atoms with Gasteiger partial charge in [-0.1, -0.05) is 71.8 Å². The Morgan fingerprint density at radius 2 is 1.46 bits per heavy atom. The van der Waals surface area contributed by atoms with E-state index in [9.17, 15) is 0 Å². The number of fused-ring (bicyclic) bond motifs is 3. The summed E-state index contributed by atoms with van der Waals surface area (Å²) in [6.07, 6.45) is 2.20. The molecule has 0 bridgehead atoms. The molecule has 136 valence electrons. The predicted molar refractivity (Wildman–Crippen MR) is 118 cm³/mol. The van der Waals surface area contributed by atoms with Gasteiger partial charge in [0.05, 0.1) is 5.69 Å². The highest BCUT2D eigenvalue weighted by atomic mass is 15.2. The summed E-state index contributed by atoms with van der Waals surface area (Å²) in [5, 5.41) is 0. The van der Waals surface area contributed by atoms with Gasteiger partial charge in [-0.25, -0.2) is 4.98 Å². The summed E-state index contributed by atoms with van der Waals surface area (Å²) in [5.74, 6) is 1.03. The van der Waals surface area contributed by atoms with Gasteiger partial charge in [0.25, 0.3) is 0 Å². The lowest BCUT2D eigenvalue weighted by atomic mass is 9.60. The van der Waals surface area contributed by atoms with E-state index in [1.807, 2.05) is 6.07 Å². The molecule has 0 aliphatic carbocycles. The van der Waals surface area contributed by atoms with Gasteiger partial charge in [0, 0.05) is 23.0 Å². The average molecular weight is 363 g/mol. The molecule has 2 heterocycles. The van der Waals surface area contributed by atoms with Gasteiger partial charge >= 0.3 is 6.98 Å². The van der Waals surface area contributed by atoms with Crippen molar-refractivity contribution in [2.75, 3.05) is 11.9 Å². The van der Waals surface area contributed by atoms with Crippen LogP contribution < -0.4 is 10.3 Å². The van der Waals surface area contributed by atoms with Gasteiger partial charge in [-0.15, -0.1) is 0 Å². The zero-order valence-electron chi connectivity index (χ0n) is 16.4. The number of benzene rings is 3. The van der Waals surface area contributed by atoms with Crippen molar-refractivity contribution < 1.29 is 0 Å². The molecule has 1 aliphatic heterocycles. The topological polar surface area (TPSA) is 21.1 Å². The fourth-order valence-corrected chi connectivity index (χ4v) is 4.38. The van der Waals surface area contributed by atoms with Crippen molar-refractivity contribution in [1.29, 1.82) is 0 Å². The van der Waals surface area contributed by atoms with E-state index in [0.717, 1.165) is 17.1 Å². The van der Waals surface area contributed by atoms with Gasteiger partial charge in [0.15, 0.2) is 0 Å². The Labute approximate surface area is 166 Å². The van der Waals surface area contributed by atoms with Crippen LogP contribution in [0, 0.1) is 13.8 Å². The number of aromatic nitrogens is 2. The van der Waals surface area contributed by atoms with E-state index in [0.29, 0.717) is 0 Å². The van der Waals surface area contributed by atoms with Crippen LogP contribution in [-0.4, -0.2) is 23.5 Å². The van der Waals surface area contributed by atoms with Crippen molar-refractivity contribution in [2.45, 2.75) is 13.8 Å². The van der Waals surface area contributed by atoms with Crippen molar-refractivity contribution in [1.82, 2.24) is 9.46 Å². The Morgan fingerprint density at radius 3 is 2.21 bits per heavy atom. The molecule has 0 amide bonds. The minimum atomic E-state index is 0.0797. The molecule has 3 aromatic carbocycles. The molecule has 28 heavy (non-hydrogen) atoms. The van der Waals surface area contributed by atoms with E-state index >= 15 is 0 Å². The number of rotatable bonds is 2. The smallest absolute Gasteiger partial charge is 0.394 e. The van der Waals surface area contributed by atoms with Crippen LogP contribution in [0.2, 0.25) is 0 Å². The van der Waals surface area contributed by atoms with Crippen LogP contribution in [0.15, 0.2) is 79.0 Å². The van der Waals surface area contributed by atoms with Crippen molar-refractivity contribution in [3.05, 3.63) is 90.1 Å². The third-order valence-corrected chi connectivity index (χ3v) is 5.76. The Balaban J connectivity index is 1.79. The second-order valence-electron chi connectivity index (χ2n) is 7.53. The summed E-state index contributed by atoms with van der Waals surface area (Å²) >= 11 is 0. The first-order valence-corrected chi connectivity index (χ1v) is 9.68. The third kappa shape index (κ3) is 2.49. The van der Waals surface area contributed by atoms with E-state index in [1.165, 1.54) is 27.8 Å². The first kappa shape index (κ1) is 16.9. The molecule has 0 spiro atoms. The Morgan fingerprint density at radius 1 is 0.786 bits per heavy atom. The third-order valence-electron chi connectivity index (χ3n) is 5.76. The molecule has 1 aliphatic rings. The maximum Gasteiger partial charge on any atom is 0.417 e. The highest BCUT2D eigenvalue weighted by molar-refractivity contribution is 6.77. The fraction of sp³-hybridized carbons (Fsp3) is 0.125. The van der Waals surface area contributed by atoms with Gasteiger partial charge in [-0.3, -0.25) is 0 Å². The number of imidazole rings is 1. The van der Waals surface area contributed by atoms with Crippen molar-refractivity contribution >= 4 is 18.1 Å². The molecule has 0 fully saturated rings. The van der Waals surface area contributed by atoms with Gasteiger partial charge in [0.1, 0.15) is 5.82 Å². The second-order valence-corrected chi connectivity index (χ2v) is 7.53. The number of hydrogen-bond donors (Lipinski definition) is 0. The number of hydrogen-bond acceptors (Lipinski definition) is 2. The van der Waals surface area contributed by atoms with Crippen molar-refractivity contribution in [3.63, 3.8) is 0 Å². The Bertz CT molecular complexity index is 1140. The minimum Gasteiger partial charge on any atom is -0.394 e. The molecule has 4 heteroatoms. The van der Waals surface area contributed by atoms with Gasteiger partial charge in [-0.05, 0) is 38.5 Å². The van der Waals surface area contributed by atoms with Crippen molar-refractivity contribution in [3.8, 4) is 22.6 Å². The maximum absolute atomic E-state index is 5.07. The first-order chi connectivity index (χ1) is 13.6. The largest absolute Gasteiger partial charge is 0.417 e. The molecule has 1 aromatic heterocycles. The van der Waals surface area contributed by atoms with Crippen LogP contribution in [0.1, 0.15) is 11.1 Å². The summed E-state index contributed by atoms with van der Waals surface area (Å²) in [4.78, 5) is 7.44. The summed E-state index contributed by atoms with van der Waals surface area (Å²) in [7, 11) is 2.18. The normalized spacial score (nSPS) is 12.7. The molecule has 3 nitrogen and oxygen atoms in total. The molecular formula is C24H22BN3. The van der Waals surface area contributed by atoms with Crippen LogP contribution in [-0.2, 0) is 0 Å². The zero-order valence-corrected chi connectivity index (χ0v) is 16.4. The first-order valence-electron chi connectivity index (χ1n) is 9.68. The minimum absolute atomic E-state index is 0.0797. The summed E-state index contributed by atoms with van der Waals surface area (Å²) in [5.41, 5.74) is 8.50. The molecule has 0 radical (unpaired) electrons. The molecule has 0 atom stereocenters. The van der Waals surface area contributed by atoms with Crippen LogP contribution in [0.5, 0.6) is 0 Å². The standard InChI is InChI=1S/C24H22BN3/c1-17-10-9-11-18(2)23(17)25-27(3)22-15-8-7-14-20(22)24-26-21(16-28(24)25)19-12-5-4-6-13-19/h4-16H,1-3H3. The second kappa shape index (κ2) is 6.41. The number of para-hydroxylation sites is 1. The lowest BCUT2D eigenvalue weighted by Gasteiger charge is -2.36. The number of aryl methyl sites for hydroxylation is 2. The van der Waals surface area contributed by atoms with Crippen LogP contribution in [0.3, 0.4) is 0 Å². The van der Waals surface area contributed by atoms with E-state index in [4.69, 9.17) is 4.98 Å². The maximum atomic E-state index is 5.07. The van der Waals surface area contributed by atoms with Crippen LogP contribution in [0.25, 0.3) is 22.6 Å². The molecule has 0 unspecified atom stereocenters. The quantitative estimate of drug-likeness (QED) is 0.488. The average Bonchev–Trinajstić information content (AvgIpc) is 3.16. The van der Waals surface area contributed by atoms with E-state index in [2.05, 4.69) is 103 Å². The molecule has 5 rings (SSSR count). The van der Waals surface area contributed by atoms with E-state index < -0.39 is 0 Å². The van der Waals surface area contributed by atoms with E-state index in [1.54, 1.807) is 0 Å². The van der Waals surface area contributed by atoms with E-state index in [-0.39, 0.29) is 6.98 Å². The molecular weight excluding hydrogens is 341 g/mol. The monoisotopic (exact) mass is 363 g/mol. The summed E-state index contributed by atoms with van der Waals surface area (Å²) in [6, 6.07) is 25.5. The highest BCUT2D eigenvalue weighted by Crippen LogP contribution is 2.36. The molecule has 0 N–H and O–H groups in total. The molecule has 0 saturated heterocycles. The molecule has 0 saturated carbocycles. The highest BCUT2D eigenvalue weighted by Gasteiger charge is 2.37. The number of anilines is 1. The number of nitrogens with zero attached hydrogens (tertiary/aromatic N) is 3. The van der Waals surface area contributed by atoms with Gasteiger partial charge in [0.2, 0.25) is 0 Å². The lowest BCUT2D eigenvalue weighted by Crippen LogP contribution is -2.56. The molecule has 4 aromatic rings. The summed E-state index contributed by atoms with van der Waals surface area (Å²) < 4.78 is 2.33. The lowest BCUT2D eigenvalue weighted by molar-refractivity contribution is 1.09. The van der Waals surface area contributed by atoms with Crippen LogP contribution >= 0.6 is 0 Å². The predicted octanol–water partition coefficient (Wildman–Crippen LogP) is 4.53. The Hall–Kier alpha value is -3.27. The zero-order chi connectivity index (χ0) is 19.3. The van der Waals surface area contributed by atoms with Crippen molar-refractivity contribution in [2.24, 2.45) is 0 Å². The van der Waals surface area contributed by atoms with Gasteiger partial charge < -0.3 is 9.29 Å². The Kier molecular flexibility index (Phi) is 3.87. The van der Waals surface area contributed by atoms with Crippen LogP contribution in [0.4, 0.5) is 5.69 Å². The summed E-state index contributed by atoms with van der Waals surface area (Å²) in [6.45, 7) is 4.48.